The fraction of sp³-hybridized carbons (Fsp3) is 0.273. The lowest BCUT2D eigenvalue weighted by Crippen LogP contribution is -2.15. The Kier molecular flexibility index (Phi) is 3.44. The van der Waals surface area contributed by atoms with E-state index in [1.54, 1.807) is 25.3 Å². The number of methoxy groups -OCH3 is 1. The molecule has 0 unspecified atom stereocenters. The molecule has 0 saturated heterocycles. The van der Waals surface area contributed by atoms with Gasteiger partial charge in [-0.05, 0) is 24.1 Å². The number of carboxylic acids is 1. The van der Waals surface area contributed by atoms with E-state index in [2.05, 4.69) is 0 Å². The number of benzene rings is 1. The molecule has 1 rings (SSSR count). The van der Waals surface area contributed by atoms with Gasteiger partial charge in [0.15, 0.2) is 0 Å². The summed E-state index contributed by atoms with van der Waals surface area (Å²) < 4.78 is 5.05. The van der Waals surface area contributed by atoms with Crippen LogP contribution in [0.25, 0.3) is 0 Å². The normalized spacial score (nSPS) is 9.73. The zero-order valence-electron chi connectivity index (χ0n) is 8.61. The van der Waals surface area contributed by atoms with Crippen molar-refractivity contribution in [3.8, 4) is 5.75 Å². The minimum absolute atomic E-state index is 0.0832. The summed E-state index contributed by atoms with van der Waals surface area (Å²) in [5, 5.41) is 8.44. The highest BCUT2D eigenvalue weighted by Gasteiger charge is 2.12. The Bertz CT molecular complexity index is 396. The average Bonchev–Trinajstić information content (AvgIpc) is 2.18. The molecule has 1 N–H and O–H groups in total. The first-order valence-electron chi connectivity index (χ1n) is 4.44. The van der Waals surface area contributed by atoms with Crippen molar-refractivity contribution in [3.63, 3.8) is 0 Å². The second-order valence-corrected chi connectivity index (χ2v) is 3.21. The molecule has 0 bridgehead atoms. The number of ketones is 1. The summed E-state index contributed by atoms with van der Waals surface area (Å²) in [5.74, 6) is -1.48. The van der Waals surface area contributed by atoms with Crippen LogP contribution in [0, 0.1) is 6.92 Å². The monoisotopic (exact) mass is 208 g/mol. The number of hydrogen-bond acceptors (Lipinski definition) is 3. The summed E-state index contributed by atoms with van der Waals surface area (Å²) in [6.07, 6.45) is -0.0832. The summed E-state index contributed by atoms with van der Waals surface area (Å²) in [6, 6.07) is 5.16. The highest BCUT2D eigenvalue weighted by molar-refractivity contribution is 6.33. The van der Waals surface area contributed by atoms with Crippen molar-refractivity contribution >= 4 is 11.8 Å². The lowest BCUT2D eigenvalue weighted by Gasteiger charge is -2.05. The summed E-state index contributed by atoms with van der Waals surface area (Å²) in [4.78, 5) is 21.3. The first-order valence-corrected chi connectivity index (χ1v) is 4.44. The predicted octanol–water partition coefficient (Wildman–Crippen LogP) is 1.20. The van der Waals surface area contributed by atoms with Gasteiger partial charge >= 0.3 is 5.97 Å². The number of carbonyl (C=O) groups excluding carboxylic acids is 1. The lowest BCUT2D eigenvalue weighted by atomic mass is 10.1. The van der Waals surface area contributed by atoms with Crippen LogP contribution in [0.2, 0.25) is 0 Å². The second-order valence-electron chi connectivity index (χ2n) is 3.21. The number of rotatable bonds is 4. The molecule has 0 spiro atoms. The van der Waals surface area contributed by atoms with Gasteiger partial charge in [-0.1, -0.05) is 12.1 Å². The third kappa shape index (κ3) is 2.80. The molecule has 0 fully saturated rings. The van der Waals surface area contributed by atoms with E-state index >= 15 is 0 Å². The fourth-order valence-corrected chi connectivity index (χ4v) is 1.31. The Balaban J connectivity index is 2.84. The van der Waals surface area contributed by atoms with Crippen LogP contribution in [0.1, 0.15) is 11.1 Å². The van der Waals surface area contributed by atoms with Crippen LogP contribution in [0.15, 0.2) is 18.2 Å². The van der Waals surface area contributed by atoms with E-state index in [1.165, 1.54) is 0 Å². The highest BCUT2D eigenvalue weighted by atomic mass is 16.5. The number of carboxylic acid groups (broad SMARTS) is 1. The summed E-state index contributed by atoms with van der Waals surface area (Å²) in [6.45, 7) is 1.84. The van der Waals surface area contributed by atoms with Crippen LogP contribution in [-0.2, 0) is 16.0 Å². The van der Waals surface area contributed by atoms with Crippen LogP contribution in [0.4, 0.5) is 0 Å². The van der Waals surface area contributed by atoms with E-state index in [-0.39, 0.29) is 6.42 Å². The van der Waals surface area contributed by atoms with Crippen LogP contribution in [0.3, 0.4) is 0 Å². The van der Waals surface area contributed by atoms with Gasteiger partial charge in [0.05, 0.1) is 7.11 Å². The quantitative estimate of drug-likeness (QED) is 0.755. The number of Topliss-reactive ketones (excluding diaryl/α,β-unsaturated/α-hetero) is 1. The van der Waals surface area contributed by atoms with Gasteiger partial charge in [-0.15, -0.1) is 0 Å². The zero-order valence-corrected chi connectivity index (χ0v) is 8.61. The van der Waals surface area contributed by atoms with Gasteiger partial charge in [0.2, 0.25) is 5.78 Å². The Morgan fingerprint density at radius 2 is 2.07 bits per heavy atom. The minimum atomic E-state index is -1.40. The van der Waals surface area contributed by atoms with Crippen molar-refractivity contribution in [2.45, 2.75) is 13.3 Å². The first kappa shape index (κ1) is 11.2. The molecule has 0 saturated carbocycles. The van der Waals surface area contributed by atoms with Gasteiger partial charge in [0.1, 0.15) is 5.75 Å². The Morgan fingerprint density at radius 1 is 1.40 bits per heavy atom. The topological polar surface area (TPSA) is 63.6 Å². The van der Waals surface area contributed by atoms with Crippen LogP contribution in [-0.4, -0.2) is 24.0 Å². The van der Waals surface area contributed by atoms with Crippen molar-refractivity contribution in [2.75, 3.05) is 7.11 Å². The molecule has 0 aliphatic heterocycles. The van der Waals surface area contributed by atoms with Crippen molar-refractivity contribution < 1.29 is 19.4 Å². The molecule has 0 heterocycles. The van der Waals surface area contributed by atoms with E-state index < -0.39 is 11.8 Å². The van der Waals surface area contributed by atoms with Crippen LogP contribution >= 0.6 is 0 Å². The Morgan fingerprint density at radius 3 is 2.53 bits per heavy atom. The number of ether oxygens (including phenoxy) is 1. The molecule has 4 nitrogen and oxygen atoms in total. The predicted molar refractivity (Wildman–Crippen MR) is 54.1 cm³/mol. The Labute approximate surface area is 87.5 Å². The van der Waals surface area contributed by atoms with Gasteiger partial charge in [0.25, 0.3) is 0 Å². The largest absolute Gasteiger partial charge is 0.496 e. The summed E-state index contributed by atoms with van der Waals surface area (Å²) in [7, 11) is 1.56. The molecule has 1 aromatic carbocycles. The maximum atomic E-state index is 10.9. The van der Waals surface area contributed by atoms with Crippen molar-refractivity contribution in [1.82, 2.24) is 0 Å². The molecule has 15 heavy (non-hydrogen) atoms. The average molecular weight is 208 g/mol. The summed E-state index contributed by atoms with van der Waals surface area (Å²) in [5.41, 5.74) is 1.56. The molecule has 1 aromatic rings. The van der Waals surface area contributed by atoms with Gasteiger partial charge in [0, 0.05) is 6.42 Å². The molecule has 4 heteroatoms. The minimum Gasteiger partial charge on any atom is -0.496 e. The van der Waals surface area contributed by atoms with E-state index in [0.717, 1.165) is 11.3 Å². The van der Waals surface area contributed by atoms with E-state index in [4.69, 9.17) is 9.84 Å². The number of carbonyl (C=O) groups is 2. The van der Waals surface area contributed by atoms with Gasteiger partial charge < -0.3 is 9.84 Å². The molecule has 0 amide bonds. The van der Waals surface area contributed by atoms with Crippen LogP contribution in [0.5, 0.6) is 5.75 Å². The smallest absolute Gasteiger partial charge is 0.372 e. The van der Waals surface area contributed by atoms with Gasteiger partial charge in [-0.3, -0.25) is 4.79 Å². The van der Waals surface area contributed by atoms with Crippen molar-refractivity contribution in [1.29, 1.82) is 0 Å². The van der Waals surface area contributed by atoms with Crippen LogP contribution < -0.4 is 4.74 Å². The second kappa shape index (κ2) is 4.59. The first-order chi connectivity index (χ1) is 7.04. The van der Waals surface area contributed by atoms with Gasteiger partial charge in [-0.25, -0.2) is 4.79 Å². The molecular formula is C11H12O4. The Hall–Kier alpha value is -1.84. The molecule has 80 valence electrons. The highest BCUT2D eigenvalue weighted by Crippen LogP contribution is 2.18. The molecule has 0 aliphatic carbocycles. The SMILES string of the molecule is COc1ccc(CC(=O)C(=O)O)cc1C. The maximum Gasteiger partial charge on any atom is 0.372 e. The van der Waals surface area contributed by atoms with Gasteiger partial charge in [-0.2, -0.15) is 0 Å². The molecule has 0 aliphatic rings. The van der Waals surface area contributed by atoms with E-state index in [0.29, 0.717) is 5.56 Å². The molecular weight excluding hydrogens is 196 g/mol. The van der Waals surface area contributed by atoms with E-state index in [1.807, 2.05) is 6.92 Å². The molecule has 0 atom stereocenters. The number of aliphatic carboxylic acids is 1. The zero-order chi connectivity index (χ0) is 11.4. The van der Waals surface area contributed by atoms with Crippen molar-refractivity contribution in [3.05, 3.63) is 29.3 Å². The number of aryl methyl sites for hydroxylation is 1. The third-order valence-electron chi connectivity index (χ3n) is 2.06. The molecule has 0 radical (unpaired) electrons. The summed E-state index contributed by atoms with van der Waals surface area (Å²) >= 11 is 0. The third-order valence-corrected chi connectivity index (χ3v) is 2.06. The standard InChI is InChI=1S/C11H12O4/c1-7-5-8(3-4-10(7)15-2)6-9(12)11(13)14/h3-5H,6H2,1-2H3,(H,13,14). The maximum absolute atomic E-state index is 10.9. The van der Waals surface area contributed by atoms with Crippen molar-refractivity contribution in [2.24, 2.45) is 0 Å². The lowest BCUT2D eigenvalue weighted by molar-refractivity contribution is -0.148. The fourth-order valence-electron chi connectivity index (χ4n) is 1.31. The van der Waals surface area contributed by atoms with E-state index in [9.17, 15) is 9.59 Å². The number of hydrogen-bond donors (Lipinski definition) is 1. The molecule has 0 aromatic heterocycles.